The Morgan fingerprint density at radius 1 is 1.38 bits per heavy atom. The van der Waals surface area contributed by atoms with Gasteiger partial charge in [-0.3, -0.25) is 9.69 Å². The number of rotatable bonds is 7. The predicted octanol–water partition coefficient (Wildman–Crippen LogP) is 0.308. The Hall–Kier alpha value is -0.610. The molecule has 0 saturated heterocycles. The summed E-state index contributed by atoms with van der Waals surface area (Å²) in [6.07, 6.45) is 3.92. The minimum Gasteiger partial charge on any atom is -0.480 e. The molecule has 0 spiro atoms. The highest BCUT2D eigenvalue weighted by Gasteiger charge is 2.29. The lowest BCUT2D eigenvalue weighted by molar-refractivity contribution is -0.138. The number of aliphatic carboxylic acids is 1. The zero-order valence-corrected chi connectivity index (χ0v) is 7.78. The molecule has 0 amide bonds. The fourth-order valence-corrected chi connectivity index (χ4v) is 1.43. The van der Waals surface area contributed by atoms with Crippen molar-refractivity contribution < 1.29 is 15.0 Å². The van der Waals surface area contributed by atoms with E-state index in [2.05, 4.69) is 0 Å². The van der Waals surface area contributed by atoms with Crippen LogP contribution in [0.5, 0.6) is 0 Å². The van der Waals surface area contributed by atoms with Gasteiger partial charge in [0.05, 0.1) is 6.54 Å². The fraction of sp³-hybridized carbons (Fsp3) is 0.889. The molecule has 0 bridgehead atoms. The molecule has 1 fully saturated rings. The number of hydrogen-bond acceptors (Lipinski definition) is 3. The zero-order chi connectivity index (χ0) is 9.68. The second-order valence-corrected chi connectivity index (χ2v) is 3.53. The number of aliphatic hydroxyl groups is 1. The largest absolute Gasteiger partial charge is 0.480 e. The maximum Gasteiger partial charge on any atom is 0.317 e. The molecule has 0 unspecified atom stereocenters. The van der Waals surface area contributed by atoms with Crippen molar-refractivity contribution >= 4 is 5.97 Å². The first-order chi connectivity index (χ1) is 6.24. The first-order valence-corrected chi connectivity index (χ1v) is 4.80. The molecule has 0 aliphatic heterocycles. The quantitative estimate of drug-likeness (QED) is 0.563. The van der Waals surface area contributed by atoms with Crippen molar-refractivity contribution in [2.75, 3.05) is 19.7 Å². The Balaban J connectivity index is 2.17. The van der Waals surface area contributed by atoms with Crippen molar-refractivity contribution in [2.24, 2.45) is 0 Å². The molecule has 13 heavy (non-hydrogen) atoms. The number of carboxylic acids is 1. The van der Waals surface area contributed by atoms with Gasteiger partial charge in [0.1, 0.15) is 0 Å². The summed E-state index contributed by atoms with van der Waals surface area (Å²) in [5, 5.41) is 17.2. The molecule has 1 saturated carbocycles. The second kappa shape index (κ2) is 5.19. The van der Waals surface area contributed by atoms with Crippen LogP contribution in [-0.2, 0) is 4.79 Å². The van der Waals surface area contributed by atoms with Crippen LogP contribution in [0.15, 0.2) is 0 Å². The average Bonchev–Trinajstić information content (AvgIpc) is 2.84. The van der Waals surface area contributed by atoms with Crippen molar-refractivity contribution in [3.63, 3.8) is 0 Å². The molecule has 0 atom stereocenters. The third-order valence-corrected chi connectivity index (χ3v) is 2.26. The van der Waals surface area contributed by atoms with Gasteiger partial charge in [0.15, 0.2) is 0 Å². The predicted molar refractivity (Wildman–Crippen MR) is 48.6 cm³/mol. The first-order valence-electron chi connectivity index (χ1n) is 4.80. The number of hydrogen-bond donors (Lipinski definition) is 2. The van der Waals surface area contributed by atoms with E-state index in [4.69, 9.17) is 10.2 Å². The molecule has 1 aliphatic rings. The van der Waals surface area contributed by atoms with Gasteiger partial charge in [-0.1, -0.05) is 0 Å². The smallest absolute Gasteiger partial charge is 0.317 e. The first kappa shape index (κ1) is 10.5. The van der Waals surface area contributed by atoms with E-state index in [-0.39, 0.29) is 13.2 Å². The monoisotopic (exact) mass is 187 g/mol. The minimum absolute atomic E-state index is 0.149. The fourth-order valence-electron chi connectivity index (χ4n) is 1.43. The second-order valence-electron chi connectivity index (χ2n) is 3.53. The van der Waals surface area contributed by atoms with E-state index in [1.54, 1.807) is 0 Å². The lowest BCUT2D eigenvalue weighted by atomic mass is 10.3. The summed E-state index contributed by atoms with van der Waals surface area (Å²) in [6, 6.07) is 0.495. The number of aliphatic hydroxyl groups excluding tert-OH is 1. The van der Waals surface area contributed by atoms with Crippen LogP contribution in [-0.4, -0.2) is 46.8 Å². The van der Waals surface area contributed by atoms with Gasteiger partial charge in [0.2, 0.25) is 0 Å². The molecule has 0 aromatic carbocycles. The Kier molecular flexibility index (Phi) is 4.18. The van der Waals surface area contributed by atoms with Crippen LogP contribution in [0.4, 0.5) is 0 Å². The van der Waals surface area contributed by atoms with Gasteiger partial charge >= 0.3 is 5.97 Å². The van der Waals surface area contributed by atoms with Crippen molar-refractivity contribution in [3.8, 4) is 0 Å². The van der Waals surface area contributed by atoms with Gasteiger partial charge in [-0.15, -0.1) is 0 Å². The van der Waals surface area contributed by atoms with Crippen molar-refractivity contribution in [2.45, 2.75) is 31.7 Å². The topological polar surface area (TPSA) is 60.8 Å². The van der Waals surface area contributed by atoms with Crippen molar-refractivity contribution in [1.82, 2.24) is 4.90 Å². The highest BCUT2D eigenvalue weighted by atomic mass is 16.4. The van der Waals surface area contributed by atoms with E-state index < -0.39 is 5.97 Å². The van der Waals surface area contributed by atoms with E-state index in [1.165, 1.54) is 0 Å². The average molecular weight is 187 g/mol. The van der Waals surface area contributed by atoms with Crippen LogP contribution < -0.4 is 0 Å². The highest BCUT2D eigenvalue weighted by Crippen LogP contribution is 2.26. The third-order valence-electron chi connectivity index (χ3n) is 2.26. The minimum atomic E-state index is -0.754. The Morgan fingerprint density at radius 3 is 2.54 bits per heavy atom. The van der Waals surface area contributed by atoms with Crippen LogP contribution in [0.25, 0.3) is 0 Å². The Bertz CT molecular complexity index is 168. The van der Waals surface area contributed by atoms with Gasteiger partial charge < -0.3 is 10.2 Å². The summed E-state index contributed by atoms with van der Waals surface area (Å²) < 4.78 is 0. The zero-order valence-electron chi connectivity index (χ0n) is 7.78. The van der Waals surface area contributed by atoms with Crippen LogP contribution in [0.3, 0.4) is 0 Å². The van der Waals surface area contributed by atoms with Gasteiger partial charge in [0, 0.05) is 12.6 Å². The van der Waals surface area contributed by atoms with Gasteiger partial charge in [-0.05, 0) is 32.2 Å². The van der Waals surface area contributed by atoms with Gasteiger partial charge in [-0.2, -0.15) is 0 Å². The number of carboxylic acid groups (broad SMARTS) is 1. The molecule has 76 valence electrons. The van der Waals surface area contributed by atoms with E-state index in [9.17, 15) is 4.79 Å². The van der Waals surface area contributed by atoms with Crippen LogP contribution >= 0.6 is 0 Å². The normalized spacial score (nSPS) is 16.5. The molecule has 1 aliphatic carbocycles. The SMILES string of the molecule is O=C(O)CN(CCCCO)C1CC1. The number of nitrogens with zero attached hydrogens (tertiary/aromatic N) is 1. The number of unbranched alkanes of at least 4 members (excludes halogenated alkanes) is 1. The maximum absolute atomic E-state index is 10.5. The molecule has 4 heteroatoms. The Morgan fingerprint density at radius 2 is 2.08 bits per heavy atom. The van der Waals surface area contributed by atoms with Crippen molar-refractivity contribution in [3.05, 3.63) is 0 Å². The molecule has 0 aromatic rings. The standard InChI is InChI=1S/C9H17NO3/c11-6-2-1-5-10(7-9(12)13)8-3-4-8/h8,11H,1-7H2,(H,12,13). The molecule has 1 rings (SSSR count). The molecule has 0 aromatic heterocycles. The van der Waals surface area contributed by atoms with E-state index in [0.717, 1.165) is 32.2 Å². The summed E-state index contributed by atoms with van der Waals surface area (Å²) in [7, 11) is 0. The van der Waals surface area contributed by atoms with E-state index >= 15 is 0 Å². The highest BCUT2D eigenvalue weighted by molar-refractivity contribution is 5.69. The van der Waals surface area contributed by atoms with Crippen LogP contribution in [0, 0.1) is 0 Å². The summed E-state index contributed by atoms with van der Waals surface area (Å²) >= 11 is 0. The summed E-state index contributed by atoms with van der Waals surface area (Å²) in [4.78, 5) is 12.5. The number of carbonyl (C=O) groups is 1. The molecule has 2 N–H and O–H groups in total. The van der Waals surface area contributed by atoms with E-state index in [0.29, 0.717) is 6.04 Å². The maximum atomic E-state index is 10.5. The summed E-state index contributed by atoms with van der Waals surface area (Å²) in [5.74, 6) is -0.754. The van der Waals surface area contributed by atoms with Crippen LogP contribution in [0.2, 0.25) is 0 Å². The molecular weight excluding hydrogens is 170 g/mol. The lowest BCUT2D eigenvalue weighted by Gasteiger charge is -2.18. The molecule has 0 heterocycles. The molecule has 0 radical (unpaired) electrons. The Labute approximate surface area is 78.2 Å². The van der Waals surface area contributed by atoms with Crippen molar-refractivity contribution in [1.29, 1.82) is 0 Å². The third kappa shape index (κ3) is 4.24. The lowest BCUT2D eigenvalue weighted by Crippen LogP contribution is -2.32. The van der Waals surface area contributed by atoms with E-state index in [1.807, 2.05) is 4.90 Å². The molecule has 4 nitrogen and oxygen atoms in total. The van der Waals surface area contributed by atoms with Gasteiger partial charge in [0.25, 0.3) is 0 Å². The summed E-state index contributed by atoms with van der Waals surface area (Å²) in [5.41, 5.74) is 0. The van der Waals surface area contributed by atoms with Crippen LogP contribution in [0.1, 0.15) is 25.7 Å². The summed E-state index contributed by atoms with van der Waals surface area (Å²) in [6.45, 7) is 1.15. The molecular formula is C9H17NO3. The van der Waals surface area contributed by atoms with Gasteiger partial charge in [-0.25, -0.2) is 0 Å².